The SMILES string of the molecule is COC1(C(=O)O)CCN(Cc2cccc(Cl)c2C)C1. The number of aliphatic carboxylic acids is 1. The Morgan fingerprint density at radius 3 is 2.89 bits per heavy atom. The van der Waals surface area contributed by atoms with Crippen LogP contribution in [0.4, 0.5) is 0 Å². The fourth-order valence-corrected chi connectivity index (χ4v) is 2.68. The van der Waals surface area contributed by atoms with Gasteiger partial charge in [0, 0.05) is 38.2 Å². The molecule has 0 aromatic heterocycles. The van der Waals surface area contributed by atoms with E-state index in [-0.39, 0.29) is 0 Å². The molecule has 19 heavy (non-hydrogen) atoms. The van der Waals surface area contributed by atoms with Crippen molar-refractivity contribution in [3.63, 3.8) is 0 Å². The van der Waals surface area contributed by atoms with Crippen molar-refractivity contribution in [2.24, 2.45) is 0 Å². The van der Waals surface area contributed by atoms with E-state index >= 15 is 0 Å². The molecule has 4 nitrogen and oxygen atoms in total. The zero-order valence-electron chi connectivity index (χ0n) is 11.1. The maximum Gasteiger partial charge on any atom is 0.337 e. The van der Waals surface area contributed by atoms with Crippen LogP contribution >= 0.6 is 11.6 Å². The minimum absolute atomic E-state index is 0.408. The summed E-state index contributed by atoms with van der Waals surface area (Å²) >= 11 is 6.10. The molecule has 1 saturated heterocycles. The number of likely N-dealkylation sites (tertiary alicyclic amines) is 1. The molecule has 104 valence electrons. The van der Waals surface area contributed by atoms with Crippen molar-refractivity contribution >= 4 is 17.6 Å². The summed E-state index contributed by atoms with van der Waals surface area (Å²) in [6.07, 6.45) is 0.512. The van der Waals surface area contributed by atoms with Crippen LogP contribution in [-0.2, 0) is 16.1 Å². The van der Waals surface area contributed by atoms with Crippen LogP contribution in [0.15, 0.2) is 18.2 Å². The average Bonchev–Trinajstić information content (AvgIpc) is 2.80. The summed E-state index contributed by atoms with van der Waals surface area (Å²) in [5.74, 6) is -0.889. The number of halogens is 1. The lowest BCUT2D eigenvalue weighted by Crippen LogP contribution is -2.43. The summed E-state index contributed by atoms with van der Waals surface area (Å²) in [6, 6.07) is 5.80. The number of hydrogen-bond donors (Lipinski definition) is 1. The first-order valence-electron chi connectivity index (χ1n) is 6.23. The molecule has 2 rings (SSSR count). The van der Waals surface area contributed by atoms with E-state index in [0.29, 0.717) is 26.1 Å². The van der Waals surface area contributed by atoms with E-state index in [2.05, 4.69) is 4.90 Å². The quantitative estimate of drug-likeness (QED) is 0.921. The van der Waals surface area contributed by atoms with Crippen LogP contribution in [0.25, 0.3) is 0 Å². The van der Waals surface area contributed by atoms with Gasteiger partial charge in [-0.25, -0.2) is 4.79 Å². The first-order chi connectivity index (χ1) is 8.98. The predicted octanol–water partition coefficient (Wildman–Crippen LogP) is 2.32. The van der Waals surface area contributed by atoms with Crippen LogP contribution in [0.5, 0.6) is 0 Å². The number of methoxy groups -OCH3 is 1. The van der Waals surface area contributed by atoms with Crippen LogP contribution in [0.2, 0.25) is 5.02 Å². The number of nitrogens with zero attached hydrogens (tertiary/aromatic N) is 1. The molecule has 1 atom stereocenters. The van der Waals surface area contributed by atoms with Gasteiger partial charge in [0.2, 0.25) is 0 Å². The Labute approximate surface area is 117 Å². The maximum absolute atomic E-state index is 11.3. The summed E-state index contributed by atoms with van der Waals surface area (Å²) in [6.45, 7) is 3.80. The van der Waals surface area contributed by atoms with Crippen molar-refractivity contribution in [1.29, 1.82) is 0 Å². The molecule has 0 radical (unpaired) electrons. The van der Waals surface area contributed by atoms with Gasteiger partial charge in [0.1, 0.15) is 0 Å². The van der Waals surface area contributed by atoms with Crippen LogP contribution in [-0.4, -0.2) is 41.8 Å². The molecule has 1 fully saturated rings. The van der Waals surface area contributed by atoms with Crippen LogP contribution in [0.1, 0.15) is 17.5 Å². The van der Waals surface area contributed by atoms with Crippen molar-refractivity contribution < 1.29 is 14.6 Å². The fourth-order valence-electron chi connectivity index (χ4n) is 2.49. The second-order valence-corrected chi connectivity index (χ2v) is 5.40. The van der Waals surface area contributed by atoms with Crippen LogP contribution < -0.4 is 0 Å². The Kier molecular flexibility index (Phi) is 4.13. The number of carboxylic acids is 1. The molecule has 0 spiro atoms. The number of carbonyl (C=O) groups is 1. The Morgan fingerprint density at radius 2 is 2.32 bits per heavy atom. The zero-order chi connectivity index (χ0) is 14.0. The highest BCUT2D eigenvalue weighted by Gasteiger charge is 2.45. The molecule has 0 bridgehead atoms. The summed E-state index contributed by atoms with van der Waals surface area (Å²) in [5.41, 5.74) is 1.12. The first kappa shape index (κ1) is 14.3. The second kappa shape index (κ2) is 5.49. The van der Waals surface area contributed by atoms with E-state index in [1.165, 1.54) is 7.11 Å². The van der Waals surface area contributed by atoms with Gasteiger partial charge in [-0.2, -0.15) is 0 Å². The number of hydrogen-bond acceptors (Lipinski definition) is 3. The van der Waals surface area contributed by atoms with Gasteiger partial charge in [-0.15, -0.1) is 0 Å². The van der Waals surface area contributed by atoms with Gasteiger partial charge >= 0.3 is 5.97 Å². The normalized spacial score (nSPS) is 23.7. The largest absolute Gasteiger partial charge is 0.479 e. The van der Waals surface area contributed by atoms with E-state index < -0.39 is 11.6 Å². The Bertz CT molecular complexity index is 492. The van der Waals surface area contributed by atoms with E-state index in [0.717, 1.165) is 16.1 Å². The highest BCUT2D eigenvalue weighted by atomic mass is 35.5. The second-order valence-electron chi connectivity index (χ2n) is 4.99. The van der Waals surface area contributed by atoms with Crippen LogP contribution in [0, 0.1) is 6.92 Å². The van der Waals surface area contributed by atoms with Gasteiger partial charge in [0.15, 0.2) is 5.60 Å². The Hall–Kier alpha value is -1.10. The third-order valence-electron chi connectivity index (χ3n) is 3.87. The molecule has 1 unspecified atom stereocenters. The third-order valence-corrected chi connectivity index (χ3v) is 4.27. The zero-order valence-corrected chi connectivity index (χ0v) is 11.9. The molecule has 1 N–H and O–H groups in total. The molecule has 1 heterocycles. The minimum atomic E-state index is -1.06. The van der Waals surface area contributed by atoms with Gasteiger partial charge in [-0.3, -0.25) is 4.90 Å². The molecule has 1 aromatic carbocycles. The van der Waals surface area contributed by atoms with E-state index in [1.54, 1.807) is 0 Å². The summed E-state index contributed by atoms with van der Waals surface area (Å²) in [4.78, 5) is 13.4. The van der Waals surface area contributed by atoms with Crippen molar-refractivity contribution in [1.82, 2.24) is 4.90 Å². The summed E-state index contributed by atoms with van der Waals surface area (Å²) in [5, 5.41) is 10.0. The lowest BCUT2D eigenvalue weighted by Gasteiger charge is -2.23. The standard InChI is InChI=1S/C14H18ClNO3/c1-10-11(4-3-5-12(10)15)8-16-7-6-14(9-16,19-2)13(17)18/h3-5H,6-9H2,1-2H3,(H,17,18). The summed E-state index contributed by atoms with van der Waals surface area (Å²) in [7, 11) is 1.46. The van der Waals surface area contributed by atoms with Crippen molar-refractivity contribution in [3.8, 4) is 0 Å². The smallest absolute Gasteiger partial charge is 0.337 e. The molecule has 0 amide bonds. The van der Waals surface area contributed by atoms with Gasteiger partial charge in [0.25, 0.3) is 0 Å². The lowest BCUT2D eigenvalue weighted by atomic mass is 10.0. The van der Waals surface area contributed by atoms with Crippen molar-refractivity contribution in [3.05, 3.63) is 34.3 Å². The Balaban J connectivity index is 2.10. The highest BCUT2D eigenvalue weighted by Crippen LogP contribution is 2.28. The average molecular weight is 284 g/mol. The molecule has 0 aliphatic carbocycles. The van der Waals surface area contributed by atoms with Gasteiger partial charge < -0.3 is 9.84 Å². The van der Waals surface area contributed by atoms with Gasteiger partial charge in [-0.05, 0) is 24.1 Å². The number of benzene rings is 1. The minimum Gasteiger partial charge on any atom is -0.479 e. The number of carboxylic acid groups (broad SMARTS) is 1. The first-order valence-corrected chi connectivity index (χ1v) is 6.61. The maximum atomic E-state index is 11.3. The number of ether oxygens (including phenoxy) is 1. The monoisotopic (exact) mass is 283 g/mol. The van der Waals surface area contributed by atoms with E-state index in [1.807, 2.05) is 25.1 Å². The molecule has 1 aliphatic heterocycles. The summed E-state index contributed by atoms with van der Waals surface area (Å²) < 4.78 is 5.21. The molecular weight excluding hydrogens is 266 g/mol. The number of rotatable bonds is 4. The molecule has 5 heteroatoms. The third kappa shape index (κ3) is 2.76. The van der Waals surface area contributed by atoms with E-state index in [9.17, 15) is 9.90 Å². The Morgan fingerprint density at radius 1 is 1.58 bits per heavy atom. The molecule has 1 aliphatic rings. The fraction of sp³-hybridized carbons (Fsp3) is 0.500. The van der Waals surface area contributed by atoms with Crippen molar-refractivity contribution in [2.45, 2.75) is 25.5 Å². The van der Waals surface area contributed by atoms with E-state index in [4.69, 9.17) is 16.3 Å². The predicted molar refractivity (Wildman–Crippen MR) is 73.5 cm³/mol. The van der Waals surface area contributed by atoms with Crippen LogP contribution in [0.3, 0.4) is 0 Å². The molecular formula is C14H18ClNO3. The lowest BCUT2D eigenvalue weighted by molar-refractivity contribution is -0.160. The molecule has 1 aromatic rings. The van der Waals surface area contributed by atoms with Gasteiger partial charge in [0.05, 0.1) is 0 Å². The van der Waals surface area contributed by atoms with Gasteiger partial charge in [-0.1, -0.05) is 23.7 Å². The molecule has 0 saturated carbocycles. The highest BCUT2D eigenvalue weighted by molar-refractivity contribution is 6.31. The van der Waals surface area contributed by atoms with Crippen molar-refractivity contribution in [2.75, 3.05) is 20.2 Å². The topological polar surface area (TPSA) is 49.8 Å².